The maximum Gasteiger partial charge on any atom is 0.0314 e. The molecule has 0 aromatic heterocycles. The molecule has 0 fully saturated rings. The van der Waals surface area contributed by atoms with Crippen LogP contribution in [-0.4, -0.2) is 30.3 Å². The van der Waals surface area contributed by atoms with Gasteiger partial charge in [0.2, 0.25) is 0 Å². The minimum Gasteiger partial charge on any atom is -0.324 e. The largest absolute Gasteiger partial charge is 0.324 e. The van der Waals surface area contributed by atoms with E-state index in [2.05, 4.69) is 52.9 Å². The summed E-state index contributed by atoms with van der Waals surface area (Å²) in [5, 5.41) is 0. The Morgan fingerprint density at radius 1 is 1.33 bits per heavy atom. The lowest BCUT2D eigenvalue weighted by Gasteiger charge is -2.17. The normalized spacial score (nSPS) is 13.0. The molecule has 0 aliphatic carbocycles. The van der Waals surface area contributed by atoms with Crippen molar-refractivity contribution in [2.45, 2.75) is 31.7 Å². The van der Waals surface area contributed by atoms with Gasteiger partial charge in [0.15, 0.2) is 0 Å². The molecule has 2 nitrogen and oxygen atoms in total. The molecule has 0 radical (unpaired) electrons. The molecule has 4 heteroatoms. The van der Waals surface area contributed by atoms with Gasteiger partial charge in [0.25, 0.3) is 0 Å². The summed E-state index contributed by atoms with van der Waals surface area (Å²) in [4.78, 5) is 3.74. The lowest BCUT2D eigenvalue weighted by atomic mass is 10.1. The first kappa shape index (κ1) is 16.0. The number of rotatable bonds is 7. The van der Waals surface area contributed by atoms with E-state index >= 15 is 0 Å². The fourth-order valence-corrected chi connectivity index (χ4v) is 3.41. The molecule has 0 spiro atoms. The van der Waals surface area contributed by atoms with Gasteiger partial charge in [-0.1, -0.05) is 19.9 Å². The Bertz CT molecular complexity index is 365. The van der Waals surface area contributed by atoms with Crippen molar-refractivity contribution in [1.82, 2.24) is 4.90 Å². The summed E-state index contributed by atoms with van der Waals surface area (Å²) in [6, 6.07) is 6.51. The van der Waals surface area contributed by atoms with E-state index in [4.69, 9.17) is 5.73 Å². The third kappa shape index (κ3) is 4.92. The van der Waals surface area contributed by atoms with Crippen molar-refractivity contribution >= 4 is 27.7 Å². The number of halogens is 1. The molecule has 0 unspecified atom stereocenters. The highest BCUT2D eigenvalue weighted by atomic mass is 79.9. The summed E-state index contributed by atoms with van der Waals surface area (Å²) in [5.41, 5.74) is 7.05. The van der Waals surface area contributed by atoms with Crippen LogP contribution in [0.2, 0.25) is 0 Å². The second kappa shape index (κ2) is 8.20. The Kier molecular flexibility index (Phi) is 7.30. The van der Waals surface area contributed by atoms with E-state index < -0.39 is 0 Å². The SMILES string of the molecule is CCN(CC)CCSc1ccc([C@H](C)N)cc1Br. The molecule has 0 saturated heterocycles. The fraction of sp³-hybridized carbons (Fsp3) is 0.571. The molecule has 1 aromatic rings. The topological polar surface area (TPSA) is 29.3 Å². The van der Waals surface area contributed by atoms with Crippen molar-refractivity contribution < 1.29 is 0 Å². The number of benzene rings is 1. The first-order chi connectivity index (χ1) is 8.58. The highest BCUT2D eigenvalue weighted by Gasteiger charge is 2.06. The molecule has 0 heterocycles. The fourth-order valence-electron chi connectivity index (χ4n) is 1.74. The Labute approximate surface area is 123 Å². The van der Waals surface area contributed by atoms with Crippen LogP contribution in [0.1, 0.15) is 32.4 Å². The van der Waals surface area contributed by atoms with Crippen LogP contribution in [0.25, 0.3) is 0 Å². The number of nitrogens with two attached hydrogens (primary N) is 1. The maximum absolute atomic E-state index is 5.87. The van der Waals surface area contributed by atoms with Crippen LogP contribution in [0.5, 0.6) is 0 Å². The highest BCUT2D eigenvalue weighted by molar-refractivity contribution is 9.10. The zero-order valence-electron chi connectivity index (χ0n) is 11.4. The van der Waals surface area contributed by atoms with Crippen molar-refractivity contribution in [3.05, 3.63) is 28.2 Å². The zero-order chi connectivity index (χ0) is 13.5. The van der Waals surface area contributed by atoms with Gasteiger partial charge in [0.05, 0.1) is 0 Å². The molecule has 2 N–H and O–H groups in total. The summed E-state index contributed by atoms with van der Waals surface area (Å²) < 4.78 is 1.15. The number of hydrogen-bond donors (Lipinski definition) is 1. The van der Waals surface area contributed by atoms with Crippen molar-refractivity contribution in [2.24, 2.45) is 5.73 Å². The van der Waals surface area contributed by atoms with E-state index in [0.29, 0.717) is 0 Å². The lowest BCUT2D eigenvalue weighted by Crippen LogP contribution is -2.25. The lowest BCUT2D eigenvalue weighted by molar-refractivity contribution is 0.324. The van der Waals surface area contributed by atoms with Gasteiger partial charge in [-0.2, -0.15) is 0 Å². The van der Waals surface area contributed by atoms with Crippen LogP contribution < -0.4 is 5.73 Å². The van der Waals surface area contributed by atoms with E-state index in [1.165, 1.54) is 10.5 Å². The number of hydrogen-bond acceptors (Lipinski definition) is 3. The third-order valence-electron chi connectivity index (χ3n) is 3.04. The van der Waals surface area contributed by atoms with Gasteiger partial charge in [0.1, 0.15) is 0 Å². The summed E-state index contributed by atoms with van der Waals surface area (Å²) >= 11 is 5.52. The summed E-state index contributed by atoms with van der Waals surface area (Å²) in [6.07, 6.45) is 0. The minimum absolute atomic E-state index is 0.0935. The van der Waals surface area contributed by atoms with Gasteiger partial charge in [-0.3, -0.25) is 0 Å². The maximum atomic E-state index is 5.87. The summed E-state index contributed by atoms with van der Waals surface area (Å²) in [5.74, 6) is 1.12. The predicted molar refractivity (Wildman–Crippen MR) is 85.3 cm³/mol. The van der Waals surface area contributed by atoms with Crippen LogP contribution in [0.4, 0.5) is 0 Å². The van der Waals surface area contributed by atoms with Crippen LogP contribution >= 0.6 is 27.7 Å². The van der Waals surface area contributed by atoms with Gasteiger partial charge < -0.3 is 10.6 Å². The smallest absolute Gasteiger partial charge is 0.0314 e. The second-order valence-corrected chi connectivity index (χ2v) is 6.34. The van der Waals surface area contributed by atoms with Gasteiger partial charge >= 0.3 is 0 Å². The molecular weight excluding hydrogens is 308 g/mol. The second-order valence-electron chi connectivity index (χ2n) is 4.35. The van der Waals surface area contributed by atoms with E-state index in [0.717, 1.165) is 29.9 Å². The van der Waals surface area contributed by atoms with Gasteiger partial charge in [0, 0.05) is 27.7 Å². The molecule has 0 aliphatic heterocycles. The van der Waals surface area contributed by atoms with Crippen molar-refractivity contribution in [3.8, 4) is 0 Å². The van der Waals surface area contributed by atoms with E-state index in [1.54, 1.807) is 0 Å². The monoisotopic (exact) mass is 330 g/mol. The minimum atomic E-state index is 0.0935. The molecule has 18 heavy (non-hydrogen) atoms. The first-order valence-corrected chi connectivity index (χ1v) is 8.26. The first-order valence-electron chi connectivity index (χ1n) is 6.48. The van der Waals surface area contributed by atoms with Crippen LogP contribution in [0, 0.1) is 0 Å². The Morgan fingerprint density at radius 2 is 2.00 bits per heavy atom. The standard InChI is InChI=1S/C14H23BrN2S/c1-4-17(5-2)8-9-18-14-7-6-12(11(3)16)10-13(14)15/h6-7,10-11H,4-5,8-9,16H2,1-3H3/t11-/m0/s1. The van der Waals surface area contributed by atoms with E-state index in [9.17, 15) is 0 Å². The van der Waals surface area contributed by atoms with E-state index in [-0.39, 0.29) is 6.04 Å². The number of thioether (sulfide) groups is 1. The van der Waals surface area contributed by atoms with Gasteiger partial charge in [-0.15, -0.1) is 11.8 Å². The quantitative estimate of drug-likeness (QED) is 0.768. The van der Waals surface area contributed by atoms with Crippen molar-refractivity contribution in [3.63, 3.8) is 0 Å². The molecule has 102 valence electrons. The van der Waals surface area contributed by atoms with Crippen molar-refractivity contribution in [1.29, 1.82) is 0 Å². The average molecular weight is 331 g/mol. The number of nitrogens with zero attached hydrogens (tertiary/aromatic N) is 1. The molecular formula is C14H23BrN2S. The molecule has 0 saturated carbocycles. The average Bonchev–Trinajstić information content (AvgIpc) is 2.36. The molecule has 1 rings (SSSR count). The molecule has 1 atom stereocenters. The summed E-state index contributed by atoms with van der Waals surface area (Å²) in [6.45, 7) is 9.82. The molecule has 0 aliphatic rings. The summed E-state index contributed by atoms with van der Waals surface area (Å²) in [7, 11) is 0. The van der Waals surface area contributed by atoms with E-state index in [1.807, 2.05) is 18.7 Å². The third-order valence-corrected chi connectivity index (χ3v) is 5.01. The van der Waals surface area contributed by atoms with Crippen LogP contribution in [0.15, 0.2) is 27.6 Å². The van der Waals surface area contributed by atoms with Crippen LogP contribution in [0.3, 0.4) is 0 Å². The van der Waals surface area contributed by atoms with Gasteiger partial charge in [-0.25, -0.2) is 0 Å². The Hall–Kier alpha value is -0.0300. The molecule has 1 aromatic carbocycles. The zero-order valence-corrected chi connectivity index (χ0v) is 13.9. The van der Waals surface area contributed by atoms with Crippen molar-refractivity contribution in [2.75, 3.05) is 25.4 Å². The predicted octanol–water partition coefficient (Wildman–Crippen LogP) is 3.90. The van der Waals surface area contributed by atoms with Crippen LogP contribution in [-0.2, 0) is 0 Å². The Balaban J connectivity index is 2.53. The van der Waals surface area contributed by atoms with Gasteiger partial charge in [-0.05, 0) is 53.6 Å². The molecule has 0 bridgehead atoms. The molecule has 0 amide bonds. The highest BCUT2D eigenvalue weighted by Crippen LogP contribution is 2.29. The Morgan fingerprint density at radius 3 is 2.50 bits per heavy atom.